The van der Waals surface area contributed by atoms with Gasteiger partial charge in [-0.1, -0.05) is 54.6 Å². The summed E-state index contributed by atoms with van der Waals surface area (Å²) in [5.74, 6) is 0.621. The van der Waals surface area contributed by atoms with Gasteiger partial charge in [0.15, 0.2) is 0 Å². The highest BCUT2D eigenvalue weighted by Gasteiger charge is 2.29. The summed E-state index contributed by atoms with van der Waals surface area (Å²) < 4.78 is 11.2. The lowest BCUT2D eigenvalue weighted by Gasteiger charge is -2.22. The first kappa shape index (κ1) is 17.8. The number of aliphatic hydroxyl groups excluding tert-OH is 1. The normalized spacial score (nSPS) is 16.9. The van der Waals surface area contributed by atoms with Crippen molar-refractivity contribution < 1.29 is 19.4 Å². The Labute approximate surface area is 168 Å². The second-order valence-corrected chi connectivity index (χ2v) is 7.36. The van der Waals surface area contributed by atoms with E-state index in [1.54, 1.807) is 18.2 Å². The number of aliphatic hydroxyl groups is 1. The van der Waals surface area contributed by atoms with Crippen molar-refractivity contribution in [2.45, 2.75) is 18.4 Å². The van der Waals surface area contributed by atoms with Crippen LogP contribution in [0.3, 0.4) is 0 Å². The lowest BCUT2D eigenvalue weighted by atomic mass is 9.98. The zero-order valence-electron chi connectivity index (χ0n) is 15.8. The van der Waals surface area contributed by atoms with Crippen LogP contribution in [0.15, 0.2) is 66.7 Å². The van der Waals surface area contributed by atoms with Gasteiger partial charge >= 0.3 is 6.09 Å². The van der Waals surface area contributed by atoms with Crippen LogP contribution in [0.2, 0.25) is 0 Å². The van der Waals surface area contributed by atoms with Gasteiger partial charge in [-0.2, -0.15) is 0 Å². The molecule has 2 N–H and O–H groups in total. The number of anilines is 1. The SMILES string of the molecule is O=C(Nc1ccc2c(c1)OCCC2O)OCC1c2ccccc2-c2ccccc21. The number of carbonyl (C=O) groups excluding carboxylic acids is 1. The molecule has 146 valence electrons. The van der Waals surface area contributed by atoms with E-state index in [2.05, 4.69) is 29.6 Å². The van der Waals surface area contributed by atoms with Crippen LogP contribution < -0.4 is 10.1 Å². The third-order valence-electron chi connectivity index (χ3n) is 5.61. The summed E-state index contributed by atoms with van der Waals surface area (Å²) in [6.07, 6.45) is -0.461. The van der Waals surface area contributed by atoms with E-state index in [0.717, 1.165) is 5.56 Å². The average Bonchev–Trinajstić information content (AvgIpc) is 3.06. The maximum Gasteiger partial charge on any atom is 0.411 e. The maximum absolute atomic E-state index is 12.4. The number of carbonyl (C=O) groups is 1. The molecule has 5 rings (SSSR count). The highest BCUT2D eigenvalue weighted by Crippen LogP contribution is 2.44. The Hall–Kier alpha value is -3.31. The van der Waals surface area contributed by atoms with E-state index in [4.69, 9.17) is 9.47 Å². The van der Waals surface area contributed by atoms with Crippen LogP contribution in [0.4, 0.5) is 10.5 Å². The van der Waals surface area contributed by atoms with Crippen LogP contribution in [0.5, 0.6) is 5.75 Å². The lowest BCUT2D eigenvalue weighted by molar-refractivity contribution is 0.115. The van der Waals surface area contributed by atoms with Gasteiger partial charge < -0.3 is 14.6 Å². The van der Waals surface area contributed by atoms with Gasteiger partial charge in [-0.05, 0) is 28.3 Å². The first-order valence-corrected chi connectivity index (χ1v) is 9.77. The molecule has 0 bridgehead atoms. The summed E-state index contributed by atoms with van der Waals surface area (Å²) in [6, 6.07) is 21.7. The third-order valence-corrected chi connectivity index (χ3v) is 5.61. The van der Waals surface area contributed by atoms with Crippen LogP contribution >= 0.6 is 0 Å². The van der Waals surface area contributed by atoms with E-state index < -0.39 is 12.2 Å². The molecular formula is C24H21NO4. The van der Waals surface area contributed by atoms with Crippen molar-refractivity contribution in [3.63, 3.8) is 0 Å². The van der Waals surface area contributed by atoms with E-state index in [1.165, 1.54) is 22.3 Å². The predicted octanol–water partition coefficient (Wildman–Crippen LogP) is 4.86. The van der Waals surface area contributed by atoms with Gasteiger partial charge in [-0.15, -0.1) is 0 Å². The van der Waals surface area contributed by atoms with Gasteiger partial charge in [0.25, 0.3) is 0 Å². The molecule has 0 fully saturated rings. The van der Waals surface area contributed by atoms with Crippen molar-refractivity contribution in [1.82, 2.24) is 0 Å². The van der Waals surface area contributed by atoms with Gasteiger partial charge in [-0.25, -0.2) is 4.79 Å². The number of hydrogen-bond acceptors (Lipinski definition) is 4. The molecule has 0 saturated carbocycles. The lowest BCUT2D eigenvalue weighted by Crippen LogP contribution is -2.18. The molecule has 1 aliphatic heterocycles. The number of ether oxygens (including phenoxy) is 2. The molecule has 5 nitrogen and oxygen atoms in total. The van der Waals surface area contributed by atoms with Crippen molar-refractivity contribution in [3.8, 4) is 16.9 Å². The fourth-order valence-electron chi connectivity index (χ4n) is 4.20. The molecular weight excluding hydrogens is 366 g/mol. The number of amides is 1. The minimum Gasteiger partial charge on any atom is -0.493 e. The minimum absolute atomic E-state index is 0.0233. The third kappa shape index (κ3) is 3.23. The molecule has 1 amide bonds. The Balaban J connectivity index is 1.29. The van der Waals surface area contributed by atoms with E-state index in [0.29, 0.717) is 24.5 Å². The van der Waals surface area contributed by atoms with Crippen LogP contribution in [0.1, 0.15) is 35.1 Å². The quantitative estimate of drug-likeness (QED) is 0.673. The number of benzene rings is 3. The Morgan fingerprint density at radius 2 is 1.69 bits per heavy atom. The summed E-state index contributed by atoms with van der Waals surface area (Å²) in [4.78, 5) is 12.4. The Kier molecular flexibility index (Phi) is 4.45. The minimum atomic E-state index is -0.526. The number of hydrogen-bond donors (Lipinski definition) is 2. The number of nitrogens with one attached hydrogen (secondary N) is 1. The summed E-state index contributed by atoms with van der Waals surface area (Å²) in [7, 11) is 0. The van der Waals surface area contributed by atoms with Crippen LogP contribution in [-0.2, 0) is 4.74 Å². The molecule has 1 aliphatic carbocycles. The molecule has 29 heavy (non-hydrogen) atoms. The van der Waals surface area contributed by atoms with E-state index in [-0.39, 0.29) is 12.5 Å². The largest absolute Gasteiger partial charge is 0.493 e. The van der Waals surface area contributed by atoms with Crippen LogP contribution in [-0.4, -0.2) is 24.4 Å². The predicted molar refractivity (Wildman–Crippen MR) is 110 cm³/mol. The van der Waals surface area contributed by atoms with Gasteiger partial charge in [0, 0.05) is 29.7 Å². The van der Waals surface area contributed by atoms with Crippen molar-refractivity contribution in [1.29, 1.82) is 0 Å². The molecule has 0 aromatic heterocycles. The highest BCUT2D eigenvalue weighted by molar-refractivity contribution is 5.85. The molecule has 0 saturated heterocycles. The summed E-state index contributed by atoms with van der Waals surface area (Å²) in [6.45, 7) is 0.725. The molecule has 3 aromatic rings. The Morgan fingerprint density at radius 1 is 1.00 bits per heavy atom. The monoisotopic (exact) mass is 387 g/mol. The van der Waals surface area contributed by atoms with Gasteiger partial charge in [-0.3, -0.25) is 5.32 Å². The van der Waals surface area contributed by atoms with Gasteiger partial charge in [0.1, 0.15) is 12.4 Å². The van der Waals surface area contributed by atoms with Crippen LogP contribution in [0.25, 0.3) is 11.1 Å². The van der Waals surface area contributed by atoms with E-state index in [9.17, 15) is 9.90 Å². The molecule has 1 unspecified atom stereocenters. The van der Waals surface area contributed by atoms with E-state index >= 15 is 0 Å². The van der Waals surface area contributed by atoms with E-state index in [1.807, 2.05) is 24.3 Å². The second-order valence-electron chi connectivity index (χ2n) is 7.36. The molecule has 5 heteroatoms. The second kappa shape index (κ2) is 7.26. The molecule has 2 aliphatic rings. The molecule has 3 aromatic carbocycles. The molecule has 1 atom stereocenters. The number of rotatable bonds is 3. The van der Waals surface area contributed by atoms with Crippen molar-refractivity contribution in [2.24, 2.45) is 0 Å². The van der Waals surface area contributed by atoms with Crippen molar-refractivity contribution in [2.75, 3.05) is 18.5 Å². The maximum atomic E-state index is 12.4. The first-order valence-electron chi connectivity index (χ1n) is 9.77. The van der Waals surface area contributed by atoms with Crippen LogP contribution in [0, 0.1) is 0 Å². The summed E-state index contributed by atoms with van der Waals surface area (Å²) >= 11 is 0. The van der Waals surface area contributed by atoms with Crippen molar-refractivity contribution in [3.05, 3.63) is 83.4 Å². The Morgan fingerprint density at radius 3 is 2.41 bits per heavy atom. The molecule has 0 spiro atoms. The first-order chi connectivity index (χ1) is 14.2. The van der Waals surface area contributed by atoms with Gasteiger partial charge in [0.05, 0.1) is 12.7 Å². The Bertz CT molecular complexity index is 1030. The summed E-state index contributed by atoms with van der Waals surface area (Å²) in [5, 5.41) is 12.8. The van der Waals surface area contributed by atoms with Crippen molar-refractivity contribution >= 4 is 11.8 Å². The average molecular weight is 387 g/mol. The standard InChI is InChI=1S/C24H21NO4/c26-22-11-12-28-23-13-15(9-10-20(22)23)25-24(27)29-14-21-18-7-3-1-5-16(18)17-6-2-4-8-19(17)21/h1-10,13,21-22,26H,11-12,14H2,(H,25,27). The molecule has 0 radical (unpaired) electrons. The summed E-state index contributed by atoms with van der Waals surface area (Å²) in [5.41, 5.74) is 6.07. The zero-order chi connectivity index (χ0) is 19.8. The smallest absolute Gasteiger partial charge is 0.411 e. The number of fused-ring (bicyclic) bond motifs is 4. The zero-order valence-corrected chi connectivity index (χ0v) is 15.8. The highest BCUT2D eigenvalue weighted by atomic mass is 16.5. The molecule has 1 heterocycles. The fourth-order valence-corrected chi connectivity index (χ4v) is 4.20. The fraction of sp³-hybridized carbons (Fsp3) is 0.208. The topological polar surface area (TPSA) is 67.8 Å². The van der Waals surface area contributed by atoms with Gasteiger partial charge in [0.2, 0.25) is 0 Å².